The fourth-order valence-corrected chi connectivity index (χ4v) is 4.92. The maximum absolute atomic E-state index is 4.93. The number of fused-ring (bicyclic) bond motifs is 2. The second-order valence-electron chi connectivity index (χ2n) is 8.35. The minimum Gasteiger partial charge on any atom is -0.351 e. The van der Waals surface area contributed by atoms with E-state index in [2.05, 4.69) is 84.0 Å². The van der Waals surface area contributed by atoms with Crippen molar-refractivity contribution in [3.63, 3.8) is 0 Å². The largest absolute Gasteiger partial charge is 0.351 e. The first-order valence-corrected chi connectivity index (χ1v) is 11.1. The molecule has 0 fully saturated rings. The number of hydrogen-bond donors (Lipinski definition) is 0. The monoisotopic (exact) mass is 395 g/mol. The minimum absolute atomic E-state index is 0.936. The summed E-state index contributed by atoms with van der Waals surface area (Å²) in [6.07, 6.45) is 5.15. The topological polar surface area (TPSA) is 21.1 Å². The quantitative estimate of drug-likeness (QED) is 0.419. The van der Waals surface area contributed by atoms with Gasteiger partial charge in [0.25, 0.3) is 0 Å². The minimum atomic E-state index is 0.936. The number of nitrogens with zero attached hydrogens (tertiary/aromatic N) is 3. The zero-order chi connectivity index (χ0) is 20.5. The van der Waals surface area contributed by atoms with Gasteiger partial charge in [0.2, 0.25) is 0 Å². The number of aryl methyl sites for hydroxylation is 1. The van der Waals surface area contributed by atoms with Crippen molar-refractivity contribution in [1.82, 2.24) is 9.55 Å². The van der Waals surface area contributed by atoms with Crippen LogP contribution in [0.5, 0.6) is 0 Å². The summed E-state index contributed by atoms with van der Waals surface area (Å²) in [6.45, 7) is 7.54. The van der Waals surface area contributed by atoms with E-state index in [0.717, 1.165) is 44.7 Å². The van der Waals surface area contributed by atoms with Crippen LogP contribution < -0.4 is 4.90 Å². The van der Waals surface area contributed by atoms with Gasteiger partial charge in [0.05, 0.1) is 5.52 Å². The molecule has 0 saturated carbocycles. The Hall–Kier alpha value is -3.07. The molecule has 1 aliphatic rings. The molecule has 0 N–H and O–H groups in total. The van der Waals surface area contributed by atoms with Crippen LogP contribution >= 0.6 is 0 Å². The summed E-state index contributed by atoms with van der Waals surface area (Å²) in [4.78, 5) is 7.41. The van der Waals surface area contributed by atoms with Gasteiger partial charge in [-0.1, -0.05) is 61.5 Å². The molecule has 0 aliphatic carbocycles. The molecule has 4 aromatic rings. The average Bonchev–Trinajstić information content (AvgIpc) is 3.06. The predicted octanol–water partition coefficient (Wildman–Crippen LogP) is 5.91. The molecule has 0 saturated heterocycles. The number of hydrogen-bond acceptors (Lipinski definition) is 2. The summed E-state index contributed by atoms with van der Waals surface area (Å²) in [7, 11) is 0. The van der Waals surface area contributed by atoms with Gasteiger partial charge in [0, 0.05) is 36.9 Å². The van der Waals surface area contributed by atoms with Crippen LogP contribution in [0, 0.1) is 6.92 Å². The molecule has 0 radical (unpaired) electrons. The van der Waals surface area contributed by atoms with E-state index in [1.165, 1.54) is 38.9 Å². The van der Waals surface area contributed by atoms with Crippen LogP contribution in [0.2, 0.25) is 0 Å². The number of anilines is 1. The summed E-state index contributed by atoms with van der Waals surface area (Å²) in [5, 5.41) is 1.34. The van der Waals surface area contributed by atoms with Crippen molar-refractivity contribution in [2.24, 2.45) is 0 Å². The molecule has 3 nitrogen and oxygen atoms in total. The zero-order valence-corrected chi connectivity index (χ0v) is 17.9. The highest BCUT2D eigenvalue weighted by molar-refractivity contribution is 5.95. The van der Waals surface area contributed by atoms with Crippen molar-refractivity contribution < 1.29 is 0 Å². The normalized spacial score (nSPS) is 13.6. The third-order valence-electron chi connectivity index (χ3n) is 6.44. The number of pyridine rings is 1. The van der Waals surface area contributed by atoms with Gasteiger partial charge < -0.3 is 9.47 Å². The molecule has 1 aliphatic heterocycles. The second kappa shape index (κ2) is 7.98. The molecule has 0 atom stereocenters. The van der Waals surface area contributed by atoms with E-state index in [4.69, 9.17) is 4.98 Å². The van der Waals surface area contributed by atoms with E-state index in [9.17, 15) is 0 Å². The van der Waals surface area contributed by atoms with Crippen molar-refractivity contribution in [2.45, 2.75) is 46.2 Å². The Bertz CT molecular complexity index is 1170. The van der Waals surface area contributed by atoms with Crippen molar-refractivity contribution in [3.05, 3.63) is 94.8 Å². The van der Waals surface area contributed by atoms with Gasteiger partial charge in [-0.2, -0.15) is 0 Å². The van der Waals surface area contributed by atoms with Crippen LogP contribution in [0.3, 0.4) is 0 Å². The third-order valence-corrected chi connectivity index (χ3v) is 6.44. The van der Waals surface area contributed by atoms with Gasteiger partial charge in [0.15, 0.2) is 0 Å². The summed E-state index contributed by atoms with van der Waals surface area (Å²) < 4.78 is 2.50. The molecule has 3 heterocycles. The summed E-state index contributed by atoms with van der Waals surface area (Å²) >= 11 is 0. The summed E-state index contributed by atoms with van der Waals surface area (Å²) in [5.74, 6) is 1.14. The van der Waals surface area contributed by atoms with E-state index >= 15 is 0 Å². The molecule has 0 spiro atoms. The van der Waals surface area contributed by atoms with Gasteiger partial charge in [-0.15, -0.1) is 0 Å². The van der Waals surface area contributed by atoms with E-state index in [0.29, 0.717) is 0 Å². The van der Waals surface area contributed by atoms with Crippen LogP contribution in [-0.4, -0.2) is 16.1 Å². The highest BCUT2D eigenvalue weighted by Gasteiger charge is 2.23. The maximum atomic E-state index is 4.93. The van der Waals surface area contributed by atoms with Crippen molar-refractivity contribution in [1.29, 1.82) is 0 Å². The Morgan fingerprint density at radius 2 is 1.70 bits per heavy atom. The highest BCUT2D eigenvalue weighted by atomic mass is 15.2. The lowest BCUT2D eigenvalue weighted by Gasteiger charge is -2.30. The Kier molecular flexibility index (Phi) is 5.04. The van der Waals surface area contributed by atoms with Gasteiger partial charge in [-0.25, -0.2) is 4.98 Å². The van der Waals surface area contributed by atoms with Crippen LogP contribution in [0.25, 0.3) is 10.9 Å². The van der Waals surface area contributed by atoms with Crippen molar-refractivity contribution >= 4 is 16.7 Å². The zero-order valence-electron chi connectivity index (χ0n) is 17.9. The fraction of sp³-hybridized carbons (Fsp3) is 0.296. The molecule has 30 heavy (non-hydrogen) atoms. The van der Waals surface area contributed by atoms with E-state index in [-0.39, 0.29) is 0 Å². The summed E-state index contributed by atoms with van der Waals surface area (Å²) in [5.41, 5.74) is 8.38. The van der Waals surface area contributed by atoms with Crippen molar-refractivity contribution in [2.75, 3.05) is 11.4 Å². The van der Waals surface area contributed by atoms with Crippen LogP contribution in [-0.2, 0) is 25.9 Å². The predicted molar refractivity (Wildman–Crippen MR) is 125 cm³/mol. The maximum Gasteiger partial charge on any atom is 0.138 e. The van der Waals surface area contributed by atoms with Gasteiger partial charge in [-0.05, 0) is 54.5 Å². The average molecular weight is 396 g/mol. The Labute approximate surface area is 179 Å². The fourth-order valence-electron chi connectivity index (χ4n) is 4.92. The SMILES string of the molecule is CCCn1c(C)c(Cc2ccccc2)c2c(N3CCc4ccccc4C3)nccc21. The molecule has 3 heteroatoms. The first-order valence-electron chi connectivity index (χ1n) is 11.1. The molecule has 2 aromatic carbocycles. The second-order valence-corrected chi connectivity index (χ2v) is 8.35. The number of benzene rings is 2. The van der Waals surface area contributed by atoms with Crippen LogP contribution in [0.1, 0.15) is 41.3 Å². The first-order chi connectivity index (χ1) is 14.8. The van der Waals surface area contributed by atoms with E-state index in [1.807, 2.05) is 6.20 Å². The lowest BCUT2D eigenvalue weighted by Crippen LogP contribution is -2.31. The lowest BCUT2D eigenvalue weighted by atomic mass is 9.98. The smallest absolute Gasteiger partial charge is 0.138 e. The third kappa shape index (κ3) is 3.28. The van der Waals surface area contributed by atoms with Crippen LogP contribution in [0.4, 0.5) is 5.82 Å². The molecule has 5 rings (SSSR count). The molecule has 0 amide bonds. The molecule has 2 aromatic heterocycles. The molecular formula is C27H29N3. The van der Waals surface area contributed by atoms with Crippen LogP contribution in [0.15, 0.2) is 66.9 Å². The Balaban J connectivity index is 1.65. The molecular weight excluding hydrogens is 366 g/mol. The Morgan fingerprint density at radius 3 is 2.50 bits per heavy atom. The first kappa shape index (κ1) is 18.9. The molecule has 0 bridgehead atoms. The number of rotatable bonds is 5. The molecule has 152 valence electrons. The van der Waals surface area contributed by atoms with E-state index < -0.39 is 0 Å². The lowest BCUT2D eigenvalue weighted by molar-refractivity contribution is 0.682. The van der Waals surface area contributed by atoms with Gasteiger partial charge in [0.1, 0.15) is 5.82 Å². The number of aromatic nitrogens is 2. The van der Waals surface area contributed by atoms with Gasteiger partial charge in [-0.3, -0.25) is 0 Å². The standard InChI is InChI=1S/C27H29N3/c1-3-16-30-20(2)24(18-21-9-5-4-6-10-21)26-25(30)13-15-28-27(26)29-17-14-22-11-7-8-12-23(22)19-29/h4-13,15H,3,14,16-19H2,1-2H3. The highest BCUT2D eigenvalue weighted by Crippen LogP contribution is 2.36. The van der Waals surface area contributed by atoms with Crippen molar-refractivity contribution in [3.8, 4) is 0 Å². The molecule has 0 unspecified atom stereocenters. The summed E-state index contributed by atoms with van der Waals surface area (Å²) in [6, 6.07) is 21.9. The Morgan fingerprint density at radius 1 is 0.933 bits per heavy atom. The van der Waals surface area contributed by atoms with E-state index in [1.54, 1.807) is 0 Å². The van der Waals surface area contributed by atoms with Gasteiger partial charge >= 0.3 is 0 Å².